The van der Waals surface area contributed by atoms with E-state index in [1.807, 2.05) is 0 Å². The van der Waals surface area contributed by atoms with E-state index in [0.29, 0.717) is 17.3 Å². The van der Waals surface area contributed by atoms with Crippen LogP contribution in [0, 0.1) is 42.9 Å². The Morgan fingerprint density at radius 2 is 1.46 bits per heavy atom. The fraction of sp³-hybridized carbons (Fsp3) is 0.500. The lowest BCUT2D eigenvalue weighted by atomic mass is 9.67. The molecule has 7 rings (SSSR count). The van der Waals surface area contributed by atoms with Crippen LogP contribution >= 0.6 is 0 Å². The van der Waals surface area contributed by atoms with Crippen LogP contribution in [0.5, 0.6) is 0 Å². The van der Waals surface area contributed by atoms with Gasteiger partial charge in [-0.2, -0.15) is 0 Å². The highest BCUT2D eigenvalue weighted by atomic mass is 14.4. The first-order valence-electron chi connectivity index (χ1n) is 19.2. The van der Waals surface area contributed by atoms with Gasteiger partial charge in [-0.3, -0.25) is 0 Å². The van der Waals surface area contributed by atoms with Gasteiger partial charge < -0.3 is 0 Å². The average molecular weight is 639 g/mol. The Kier molecular flexibility index (Phi) is 10.1. The standard InChI is InChI=1S/C43H50.C5H12/c1-26(2)20-39-29(6)21-36-22-35(24-41(36)43(39)33-12-10-28(5)11-13-33)34-18-19-37-38(27(3)4)25-40(42(37)23-34)32-16-14-31(15-17-32)30-8-7-9-30;1-5(2,3)4/h10-13,18-19,21-23,25,27,30-32,38H,1,7-9,14-17,20,24H2,2-6H3;1-4H3. The predicted octanol–water partition coefficient (Wildman–Crippen LogP) is 14.0. The first-order chi connectivity index (χ1) is 22.8. The molecule has 2 saturated carbocycles. The van der Waals surface area contributed by atoms with Gasteiger partial charge in [-0.1, -0.05) is 133 Å². The van der Waals surface area contributed by atoms with E-state index in [4.69, 9.17) is 0 Å². The Morgan fingerprint density at radius 3 is 2.04 bits per heavy atom. The fourth-order valence-electron chi connectivity index (χ4n) is 8.85. The summed E-state index contributed by atoms with van der Waals surface area (Å²) in [7, 11) is 0. The monoisotopic (exact) mass is 638 g/mol. The van der Waals surface area contributed by atoms with Crippen molar-refractivity contribution in [1.29, 1.82) is 0 Å². The number of aryl methyl sites for hydroxylation is 2. The minimum absolute atomic E-state index is 0.500. The van der Waals surface area contributed by atoms with Gasteiger partial charge in [0.25, 0.3) is 0 Å². The van der Waals surface area contributed by atoms with Gasteiger partial charge in [0, 0.05) is 5.92 Å². The van der Waals surface area contributed by atoms with Crippen molar-refractivity contribution >= 4 is 17.2 Å². The lowest BCUT2D eigenvalue weighted by Crippen LogP contribution is -2.26. The highest BCUT2D eigenvalue weighted by molar-refractivity contribution is 5.94. The van der Waals surface area contributed by atoms with Crippen LogP contribution in [0.15, 0.2) is 66.8 Å². The van der Waals surface area contributed by atoms with E-state index >= 15 is 0 Å². The Morgan fingerprint density at radius 1 is 0.833 bits per heavy atom. The van der Waals surface area contributed by atoms with E-state index in [9.17, 15) is 0 Å². The van der Waals surface area contributed by atoms with Crippen molar-refractivity contribution in [3.63, 3.8) is 0 Å². The van der Waals surface area contributed by atoms with Gasteiger partial charge in [0.05, 0.1) is 0 Å². The molecule has 4 aliphatic rings. The predicted molar refractivity (Wildman–Crippen MR) is 211 cm³/mol. The molecular formula is C48H62. The number of rotatable bonds is 7. The Hall–Kier alpha value is -3.12. The topological polar surface area (TPSA) is 0 Å². The lowest BCUT2D eigenvalue weighted by molar-refractivity contribution is 0.150. The van der Waals surface area contributed by atoms with Crippen molar-refractivity contribution in [3.8, 4) is 11.1 Å². The summed E-state index contributed by atoms with van der Waals surface area (Å²) >= 11 is 0. The summed E-state index contributed by atoms with van der Waals surface area (Å²) < 4.78 is 0. The minimum atomic E-state index is 0.500. The second-order valence-electron chi connectivity index (χ2n) is 18.0. The van der Waals surface area contributed by atoms with E-state index in [2.05, 4.69) is 130 Å². The molecule has 254 valence electrons. The summed E-state index contributed by atoms with van der Waals surface area (Å²) in [6, 6.07) is 19.1. The minimum Gasteiger partial charge on any atom is -0.0998 e. The largest absolute Gasteiger partial charge is 0.0998 e. The van der Waals surface area contributed by atoms with Crippen LogP contribution in [0.1, 0.15) is 144 Å². The molecule has 2 fully saturated rings. The average Bonchev–Trinajstić information content (AvgIpc) is 3.58. The molecule has 0 amide bonds. The smallest absolute Gasteiger partial charge is 0.00531 e. The van der Waals surface area contributed by atoms with Crippen molar-refractivity contribution in [2.24, 2.45) is 29.1 Å². The van der Waals surface area contributed by atoms with Crippen molar-refractivity contribution < 1.29 is 0 Å². The number of allylic oxidation sites excluding steroid dienone is 4. The van der Waals surface area contributed by atoms with Crippen LogP contribution in [0.4, 0.5) is 0 Å². The molecule has 0 saturated heterocycles. The fourth-order valence-corrected chi connectivity index (χ4v) is 8.85. The number of hydrogen-bond acceptors (Lipinski definition) is 0. The number of hydrogen-bond donors (Lipinski definition) is 0. The summed E-state index contributed by atoms with van der Waals surface area (Å²) in [5, 5.41) is 0. The molecular weight excluding hydrogens is 577 g/mol. The van der Waals surface area contributed by atoms with Gasteiger partial charge >= 0.3 is 0 Å². The third kappa shape index (κ3) is 7.54. The SMILES string of the molecule is C=C(C)Cc1c(C)cc2c(c1-c1ccc(C)cc1)CC(c1ccc3c(c1)C(C1CCC(C4CCC4)CC1)=CC3C(C)C)=C2.CC(C)(C)C. The highest BCUT2D eigenvalue weighted by Crippen LogP contribution is 2.51. The maximum Gasteiger partial charge on any atom is 0.00531 e. The van der Waals surface area contributed by atoms with E-state index < -0.39 is 0 Å². The molecule has 1 atom stereocenters. The van der Waals surface area contributed by atoms with E-state index in [0.717, 1.165) is 30.6 Å². The molecule has 0 spiro atoms. The molecule has 3 aromatic rings. The first kappa shape index (κ1) is 34.7. The number of benzene rings is 3. The van der Waals surface area contributed by atoms with Gasteiger partial charge in [0.15, 0.2) is 0 Å². The molecule has 0 heteroatoms. The van der Waals surface area contributed by atoms with Crippen LogP contribution in [-0.2, 0) is 12.8 Å². The normalized spacial score (nSPS) is 21.9. The van der Waals surface area contributed by atoms with Crippen LogP contribution in [0.25, 0.3) is 28.3 Å². The number of fused-ring (bicyclic) bond motifs is 2. The first-order valence-corrected chi connectivity index (χ1v) is 19.2. The third-order valence-electron chi connectivity index (χ3n) is 11.5. The molecule has 0 aromatic heterocycles. The zero-order valence-corrected chi connectivity index (χ0v) is 31.7. The molecule has 0 radical (unpaired) electrons. The second-order valence-corrected chi connectivity index (χ2v) is 18.0. The quantitative estimate of drug-likeness (QED) is 0.226. The summed E-state index contributed by atoms with van der Waals surface area (Å²) in [5.41, 5.74) is 19.2. The zero-order chi connectivity index (χ0) is 34.3. The van der Waals surface area contributed by atoms with Crippen molar-refractivity contribution in [3.05, 3.63) is 111 Å². The summed E-state index contributed by atoms with van der Waals surface area (Å²) in [4.78, 5) is 0. The summed E-state index contributed by atoms with van der Waals surface area (Å²) in [5.74, 6) is 3.97. The molecule has 48 heavy (non-hydrogen) atoms. The van der Waals surface area contributed by atoms with E-state index in [-0.39, 0.29) is 0 Å². The van der Waals surface area contributed by atoms with Gasteiger partial charge in [-0.05, 0) is 156 Å². The summed E-state index contributed by atoms with van der Waals surface area (Å²) in [6.45, 7) is 24.5. The Balaban J connectivity index is 0.000000749. The molecule has 3 aromatic carbocycles. The lowest BCUT2D eigenvalue weighted by Gasteiger charge is -2.39. The maximum atomic E-state index is 4.30. The maximum absolute atomic E-state index is 4.30. The Bertz CT molecular complexity index is 1690. The van der Waals surface area contributed by atoms with Crippen molar-refractivity contribution in [1.82, 2.24) is 0 Å². The second kappa shape index (κ2) is 14.0. The molecule has 0 aliphatic heterocycles. The van der Waals surface area contributed by atoms with Gasteiger partial charge in [-0.25, -0.2) is 0 Å². The molecule has 4 aliphatic carbocycles. The third-order valence-corrected chi connectivity index (χ3v) is 11.5. The molecule has 0 nitrogen and oxygen atoms in total. The van der Waals surface area contributed by atoms with E-state index in [1.54, 1.807) is 16.7 Å². The van der Waals surface area contributed by atoms with Crippen molar-refractivity contribution in [2.75, 3.05) is 0 Å². The molecule has 0 N–H and O–H groups in total. The van der Waals surface area contributed by atoms with Crippen LogP contribution in [0.3, 0.4) is 0 Å². The molecule has 0 bridgehead atoms. The van der Waals surface area contributed by atoms with Crippen LogP contribution < -0.4 is 0 Å². The van der Waals surface area contributed by atoms with Gasteiger partial charge in [-0.15, -0.1) is 0 Å². The van der Waals surface area contributed by atoms with Crippen LogP contribution in [0.2, 0.25) is 0 Å². The van der Waals surface area contributed by atoms with Crippen molar-refractivity contribution in [2.45, 2.75) is 126 Å². The van der Waals surface area contributed by atoms with Gasteiger partial charge in [0.1, 0.15) is 0 Å². The van der Waals surface area contributed by atoms with Gasteiger partial charge in [0.2, 0.25) is 0 Å². The zero-order valence-electron chi connectivity index (χ0n) is 31.7. The van der Waals surface area contributed by atoms with E-state index in [1.165, 1.54) is 101 Å². The molecule has 1 unspecified atom stereocenters. The molecule has 0 heterocycles. The Labute approximate surface area is 293 Å². The van der Waals surface area contributed by atoms with Crippen LogP contribution in [-0.4, -0.2) is 0 Å². The highest BCUT2D eigenvalue weighted by Gasteiger charge is 2.36. The summed E-state index contributed by atoms with van der Waals surface area (Å²) in [6.07, 6.45) is 17.3.